The molecule has 30 heavy (non-hydrogen) atoms. The Hall–Kier alpha value is 0.140. The second-order valence-corrected chi connectivity index (χ2v) is 19.9. The zero-order chi connectivity index (χ0) is 22.2. The van der Waals surface area contributed by atoms with Crippen molar-refractivity contribution in [2.45, 2.75) is 140 Å². The van der Waals surface area contributed by atoms with Crippen LogP contribution in [-0.2, 0) is 4.57 Å². The minimum absolute atomic E-state index is 0.237. The molecule has 2 atom stereocenters. The van der Waals surface area contributed by atoms with E-state index in [0.29, 0.717) is 33.2 Å². The molecule has 3 rings (SSSR count). The molecule has 1 nitrogen and oxygen atoms in total. The molecule has 2 fully saturated rings. The molecule has 2 unspecified atom stereocenters. The number of hydrogen-bond donors (Lipinski definition) is 0. The Morgan fingerprint density at radius 1 is 0.833 bits per heavy atom. The average molecular weight is 451 g/mol. The van der Waals surface area contributed by atoms with Gasteiger partial charge in [0.25, 0.3) is 0 Å². The van der Waals surface area contributed by atoms with Gasteiger partial charge < -0.3 is 4.57 Å². The van der Waals surface area contributed by atoms with E-state index in [1.807, 2.05) is 0 Å². The monoisotopic (exact) mass is 450 g/mol. The molecule has 0 amide bonds. The van der Waals surface area contributed by atoms with Crippen molar-refractivity contribution in [3.63, 3.8) is 0 Å². The third kappa shape index (κ3) is 5.04. The van der Waals surface area contributed by atoms with Crippen molar-refractivity contribution in [3.8, 4) is 0 Å². The molecule has 3 aliphatic rings. The molecule has 3 aliphatic carbocycles. The van der Waals surface area contributed by atoms with Gasteiger partial charge >= 0.3 is 0 Å². The first-order valence-electron chi connectivity index (χ1n) is 12.7. The van der Waals surface area contributed by atoms with E-state index in [4.69, 9.17) is 0 Å². The van der Waals surface area contributed by atoms with Gasteiger partial charge in [-0.2, -0.15) is 0 Å². The minimum atomic E-state index is -2.36. The molecular weight excluding hydrogens is 402 g/mol. The molecular formula is C27H48OP2. The van der Waals surface area contributed by atoms with Crippen LogP contribution < -0.4 is 0 Å². The van der Waals surface area contributed by atoms with Crippen LogP contribution in [0, 0.1) is 5.92 Å². The zero-order valence-corrected chi connectivity index (χ0v) is 22.7. The molecule has 0 spiro atoms. The van der Waals surface area contributed by atoms with Gasteiger partial charge in [0.15, 0.2) is 0 Å². The summed E-state index contributed by atoms with van der Waals surface area (Å²) < 4.78 is 15.3. The zero-order valence-electron chi connectivity index (χ0n) is 20.9. The fourth-order valence-electron chi connectivity index (χ4n) is 7.28. The van der Waals surface area contributed by atoms with Crippen LogP contribution in [0.3, 0.4) is 0 Å². The first kappa shape index (κ1) is 24.8. The Morgan fingerprint density at radius 3 is 1.67 bits per heavy atom. The SMILES string of the molecule is CC(C1C=CC=C1P(=O)(C1CCCCC1)C1CCCCC1)P(C(C)(C)C)C(C)(C)C. The van der Waals surface area contributed by atoms with Gasteiger partial charge in [-0.05, 0) is 47.0 Å². The molecule has 0 aromatic heterocycles. The van der Waals surface area contributed by atoms with Crippen molar-refractivity contribution in [2.75, 3.05) is 0 Å². The van der Waals surface area contributed by atoms with Gasteiger partial charge in [-0.3, -0.25) is 0 Å². The summed E-state index contributed by atoms with van der Waals surface area (Å²) in [6.45, 7) is 17.1. The predicted molar refractivity (Wildman–Crippen MR) is 138 cm³/mol. The molecule has 0 N–H and O–H groups in total. The highest BCUT2D eigenvalue weighted by atomic mass is 31.2. The average Bonchev–Trinajstić information content (AvgIpc) is 3.17. The van der Waals surface area contributed by atoms with Crippen LogP contribution in [0.5, 0.6) is 0 Å². The summed E-state index contributed by atoms with van der Waals surface area (Å²) in [4.78, 5) is 0. The maximum absolute atomic E-state index is 15.3. The van der Waals surface area contributed by atoms with Crippen molar-refractivity contribution in [3.05, 3.63) is 23.5 Å². The molecule has 0 heterocycles. The lowest BCUT2D eigenvalue weighted by Gasteiger charge is -2.49. The van der Waals surface area contributed by atoms with E-state index in [-0.39, 0.29) is 7.92 Å². The lowest BCUT2D eigenvalue weighted by Crippen LogP contribution is -2.34. The van der Waals surface area contributed by atoms with Gasteiger partial charge in [0, 0.05) is 17.2 Å². The van der Waals surface area contributed by atoms with Crippen LogP contribution in [0.4, 0.5) is 0 Å². The minimum Gasteiger partial charge on any atom is -0.318 e. The molecule has 0 aromatic carbocycles. The molecule has 172 valence electrons. The van der Waals surface area contributed by atoms with Crippen molar-refractivity contribution in [1.29, 1.82) is 0 Å². The second kappa shape index (κ2) is 9.56. The van der Waals surface area contributed by atoms with Gasteiger partial charge in [0.2, 0.25) is 0 Å². The number of rotatable bonds is 5. The Bertz CT molecular complexity index is 643. The molecule has 0 radical (unpaired) electrons. The van der Waals surface area contributed by atoms with Crippen LogP contribution in [0.15, 0.2) is 23.5 Å². The Kier molecular flexibility index (Phi) is 7.89. The van der Waals surface area contributed by atoms with Gasteiger partial charge in [-0.15, -0.1) is 0 Å². The number of allylic oxidation sites excluding steroid dienone is 4. The van der Waals surface area contributed by atoms with E-state index >= 15 is 4.57 Å². The highest BCUT2D eigenvalue weighted by molar-refractivity contribution is 7.69. The van der Waals surface area contributed by atoms with Crippen LogP contribution in [0.2, 0.25) is 0 Å². The summed E-state index contributed by atoms with van der Waals surface area (Å²) in [5, 5.41) is 2.00. The normalized spacial score (nSPS) is 26.3. The first-order chi connectivity index (χ1) is 14.0. The van der Waals surface area contributed by atoms with E-state index in [2.05, 4.69) is 66.7 Å². The van der Waals surface area contributed by atoms with E-state index < -0.39 is 7.14 Å². The molecule has 2 saturated carbocycles. The lowest BCUT2D eigenvalue weighted by atomic mass is 9.99. The highest BCUT2D eigenvalue weighted by Gasteiger charge is 2.49. The molecule has 0 saturated heterocycles. The standard InChI is InChI=1S/C27H48OP2/c1-21(29(26(2,3)4)27(5,6)7)24-19-14-20-25(24)30(28,22-15-10-8-11-16-22)23-17-12-9-13-18-23/h14,19-24H,8-13,15-18H2,1-7H3. The first-order valence-corrected chi connectivity index (χ1v) is 16.0. The second-order valence-electron chi connectivity index (χ2n) is 12.2. The summed E-state index contributed by atoms with van der Waals surface area (Å²) in [5.41, 5.74) is 1.50. The van der Waals surface area contributed by atoms with Crippen molar-refractivity contribution < 1.29 is 4.57 Å². The fraction of sp³-hybridized carbons (Fsp3) is 0.852. The maximum Gasteiger partial charge on any atom is 0.118 e. The Labute approximate surface area is 189 Å². The summed E-state index contributed by atoms with van der Waals surface area (Å²) >= 11 is 0. The summed E-state index contributed by atoms with van der Waals surface area (Å²) in [6, 6.07) is 0. The van der Waals surface area contributed by atoms with Crippen LogP contribution >= 0.6 is 15.1 Å². The van der Waals surface area contributed by atoms with Gasteiger partial charge in [-0.1, -0.05) is 113 Å². The number of hydrogen-bond acceptors (Lipinski definition) is 1. The highest BCUT2D eigenvalue weighted by Crippen LogP contribution is 2.73. The van der Waals surface area contributed by atoms with E-state index in [1.165, 1.54) is 69.5 Å². The van der Waals surface area contributed by atoms with Gasteiger partial charge in [0.1, 0.15) is 7.14 Å². The van der Waals surface area contributed by atoms with Gasteiger partial charge in [0.05, 0.1) is 0 Å². The molecule has 0 bridgehead atoms. The quantitative estimate of drug-likeness (QED) is 0.381. The Balaban J connectivity index is 1.98. The van der Waals surface area contributed by atoms with Crippen LogP contribution in [0.1, 0.15) is 113 Å². The third-order valence-electron chi connectivity index (χ3n) is 7.94. The van der Waals surface area contributed by atoms with Crippen molar-refractivity contribution >= 4 is 15.1 Å². The molecule has 0 aliphatic heterocycles. The smallest absolute Gasteiger partial charge is 0.118 e. The van der Waals surface area contributed by atoms with Crippen LogP contribution in [0.25, 0.3) is 0 Å². The Morgan fingerprint density at radius 2 is 1.27 bits per heavy atom. The van der Waals surface area contributed by atoms with Crippen LogP contribution in [-0.4, -0.2) is 27.3 Å². The van der Waals surface area contributed by atoms with E-state index in [1.54, 1.807) is 0 Å². The summed E-state index contributed by atoms with van der Waals surface area (Å²) in [6.07, 6.45) is 19.7. The maximum atomic E-state index is 15.3. The van der Waals surface area contributed by atoms with E-state index in [0.717, 1.165) is 0 Å². The van der Waals surface area contributed by atoms with Crippen molar-refractivity contribution in [1.82, 2.24) is 0 Å². The van der Waals surface area contributed by atoms with Gasteiger partial charge in [-0.25, -0.2) is 0 Å². The summed E-state index contributed by atoms with van der Waals surface area (Å²) in [7, 11) is -2.60. The summed E-state index contributed by atoms with van der Waals surface area (Å²) in [5.74, 6) is 0.393. The molecule has 0 aromatic rings. The third-order valence-corrected chi connectivity index (χ3v) is 16.4. The topological polar surface area (TPSA) is 17.1 Å². The largest absolute Gasteiger partial charge is 0.318 e. The lowest BCUT2D eigenvalue weighted by molar-refractivity contribution is 0.448. The fourth-order valence-corrected chi connectivity index (χ4v) is 17.2. The van der Waals surface area contributed by atoms with E-state index in [9.17, 15) is 0 Å². The van der Waals surface area contributed by atoms with Crippen molar-refractivity contribution in [2.24, 2.45) is 5.92 Å². The molecule has 3 heteroatoms. The predicted octanol–water partition coefficient (Wildman–Crippen LogP) is 9.55.